The second kappa shape index (κ2) is 6.04. The lowest BCUT2D eigenvalue weighted by Gasteiger charge is -2.29. The molecule has 1 saturated heterocycles. The van der Waals surface area contributed by atoms with Crippen LogP contribution in [0.5, 0.6) is 0 Å². The minimum atomic E-state index is 0.476. The van der Waals surface area contributed by atoms with Gasteiger partial charge in [-0.2, -0.15) is 0 Å². The molecule has 2 nitrogen and oxygen atoms in total. The van der Waals surface area contributed by atoms with Crippen molar-refractivity contribution in [1.82, 2.24) is 10.2 Å². The SMILES string of the molecule is CN1CCCC1CNC1CCSc2ccc(Cl)cc21. The molecule has 1 aromatic carbocycles. The molecule has 1 N–H and O–H groups in total. The molecule has 2 unspecified atom stereocenters. The van der Waals surface area contributed by atoms with Crippen molar-refractivity contribution in [1.29, 1.82) is 0 Å². The van der Waals surface area contributed by atoms with E-state index in [0.717, 1.165) is 11.6 Å². The molecule has 2 atom stereocenters. The largest absolute Gasteiger partial charge is 0.308 e. The highest BCUT2D eigenvalue weighted by molar-refractivity contribution is 7.99. The minimum Gasteiger partial charge on any atom is -0.308 e. The van der Waals surface area contributed by atoms with Crippen LogP contribution in [0.15, 0.2) is 23.1 Å². The van der Waals surface area contributed by atoms with Gasteiger partial charge in [0.05, 0.1) is 0 Å². The Kier molecular flexibility index (Phi) is 4.37. The zero-order chi connectivity index (χ0) is 13.2. The van der Waals surface area contributed by atoms with Crippen molar-refractivity contribution in [3.8, 4) is 0 Å². The van der Waals surface area contributed by atoms with Gasteiger partial charge in [0.15, 0.2) is 0 Å². The van der Waals surface area contributed by atoms with E-state index < -0.39 is 0 Å². The van der Waals surface area contributed by atoms with Crippen LogP contribution in [0, 0.1) is 0 Å². The van der Waals surface area contributed by atoms with Gasteiger partial charge in [-0.15, -0.1) is 11.8 Å². The molecule has 0 bridgehead atoms. The smallest absolute Gasteiger partial charge is 0.0410 e. The number of halogens is 1. The van der Waals surface area contributed by atoms with Gasteiger partial charge >= 0.3 is 0 Å². The molecule has 0 saturated carbocycles. The first-order valence-corrected chi connectivity index (χ1v) is 8.46. The van der Waals surface area contributed by atoms with Crippen LogP contribution < -0.4 is 5.32 Å². The summed E-state index contributed by atoms with van der Waals surface area (Å²) in [5.74, 6) is 1.20. The Morgan fingerprint density at radius 2 is 2.32 bits per heavy atom. The van der Waals surface area contributed by atoms with E-state index in [1.54, 1.807) is 0 Å². The van der Waals surface area contributed by atoms with Gasteiger partial charge in [-0.1, -0.05) is 11.6 Å². The third kappa shape index (κ3) is 3.10. The number of benzene rings is 1. The normalized spacial score (nSPS) is 27.5. The summed E-state index contributed by atoms with van der Waals surface area (Å²) in [5, 5.41) is 4.62. The van der Waals surface area contributed by atoms with Crippen LogP contribution in [0.25, 0.3) is 0 Å². The fraction of sp³-hybridized carbons (Fsp3) is 0.600. The van der Waals surface area contributed by atoms with Crippen LogP contribution in [0.2, 0.25) is 5.02 Å². The molecule has 2 aliphatic heterocycles. The number of likely N-dealkylation sites (N-methyl/N-ethyl adjacent to an activating group) is 1. The summed E-state index contributed by atoms with van der Waals surface area (Å²) in [5.41, 5.74) is 1.39. The lowest BCUT2D eigenvalue weighted by Crippen LogP contribution is -2.37. The predicted molar refractivity (Wildman–Crippen MR) is 83.2 cm³/mol. The molecule has 0 aromatic heterocycles. The maximum absolute atomic E-state index is 6.15. The van der Waals surface area contributed by atoms with Crippen molar-refractivity contribution in [3.05, 3.63) is 28.8 Å². The van der Waals surface area contributed by atoms with Crippen LogP contribution >= 0.6 is 23.4 Å². The van der Waals surface area contributed by atoms with Crippen molar-refractivity contribution >= 4 is 23.4 Å². The maximum atomic E-state index is 6.15. The molecule has 4 heteroatoms. The number of thioether (sulfide) groups is 1. The van der Waals surface area contributed by atoms with Gasteiger partial charge in [0.1, 0.15) is 0 Å². The summed E-state index contributed by atoms with van der Waals surface area (Å²) in [6.45, 7) is 2.34. The zero-order valence-corrected chi connectivity index (χ0v) is 12.9. The number of nitrogens with zero attached hydrogens (tertiary/aromatic N) is 1. The fourth-order valence-corrected chi connectivity index (χ4v) is 4.38. The molecule has 1 fully saturated rings. The van der Waals surface area contributed by atoms with E-state index in [1.165, 1.54) is 42.0 Å². The van der Waals surface area contributed by atoms with Crippen LogP contribution in [0.4, 0.5) is 0 Å². The monoisotopic (exact) mass is 296 g/mol. The Labute approximate surface area is 124 Å². The number of fused-ring (bicyclic) bond motifs is 1. The number of likely N-dealkylation sites (tertiary alicyclic amines) is 1. The molecule has 0 aliphatic carbocycles. The molecular weight excluding hydrogens is 276 g/mol. The fourth-order valence-electron chi connectivity index (χ4n) is 3.09. The molecule has 3 rings (SSSR count). The highest BCUT2D eigenvalue weighted by Crippen LogP contribution is 2.37. The van der Waals surface area contributed by atoms with Gasteiger partial charge < -0.3 is 10.2 Å². The van der Waals surface area contributed by atoms with E-state index in [1.807, 2.05) is 17.8 Å². The van der Waals surface area contributed by atoms with Gasteiger partial charge in [0.25, 0.3) is 0 Å². The van der Waals surface area contributed by atoms with E-state index in [0.29, 0.717) is 12.1 Å². The standard InChI is InChI=1S/C15H21ClN2S/c1-18-7-2-3-12(18)10-17-14-6-8-19-15-5-4-11(16)9-13(14)15/h4-5,9,12,14,17H,2-3,6-8,10H2,1H3. The maximum Gasteiger partial charge on any atom is 0.0410 e. The lowest BCUT2D eigenvalue weighted by atomic mass is 10.0. The summed E-state index contributed by atoms with van der Waals surface area (Å²) in [6.07, 6.45) is 3.87. The molecule has 104 valence electrons. The van der Waals surface area contributed by atoms with Gasteiger partial charge in [-0.3, -0.25) is 0 Å². The third-order valence-corrected chi connectivity index (χ3v) is 5.64. The van der Waals surface area contributed by atoms with Crippen molar-refractivity contribution in [2.45, 2.75) is 36.2 Å². The van der Waals surface area contributed by atoms with E-state index in [4.69, 9.17) is 11.6 Å². The van der Waals surface area contributed by atoms with E-state index in [2.05, 4.69) is 29.4 Å². The minimum absolute atomic E-state index is 0.476. The second-order valence-corrected chi connectivity index (χ2v) is 7.13. The van der Waals surface area contributed by atoms with Crippen LogP contribution in [0.1, 0.15) is 30.9 Å². The second-order valence-electron chi connectivity index (χ2n) is 5.56. The quantitative estimate of drug-likeness (QED) is 0.918. The zero-order valence-electron chi connectivity index (χ0n) is 11.4. The highest BCUT2D eigenvalue weighted by Gasteiger charge is 2.24. The Bertz CT molecular complexity index is 452. The molecular formula is C15H21ClN2S. The first kappa shape index (κ1) is 13.7. The van der Waals surface area contributed by atoms with Crippen molar-refractivity contribution in [3.63, 3.8) is 0 Å². The molecule has 2 heterocycles. The number of rotatable bonds is 3. The highest BCUT2D eigenvalue weighted by atomic mass is 35.5. The van der Waals surface area contributed by atoms with Gasteiger partial charge in [0.2, 0.25) is 0 Å². The van der Waals surface area contributed by atoms with Crippen molar-refractivity contribution in [2.75, 3.05) is 25.9 Å². The Morgan fingerprint density at radius 1 is 1.42 bits per heavy atom. The summed E-state index contributed by atoms with van der Waals surface area (Å²) in [6, 6.07) is 7.48. The van der Waals surface area contributed by atoms with E-state index in [9.17, 15) is 0 Å². The average Bonchev–Trinajstić information content (AvgIpc) is 2.82. The number of hydrogen-bond donors (Lipinski definition) is 1. The Hall–Kier alpha value is -0.220. The predicted octanol–water partition coefficient (Wildman–Crippen LogP) is 3.56. The molecule has 0 radical (unpaired) electrons. The molecule has 0 spiro atoms. The summed E-state index contributed by atoms with van der Waals surface area (Å²) in [7, 11) is 2.24. The van der Waals surface area contributed by atoms with E-state index in [-0.39, 0.29) is 0 Å². The van der Waals surface area contributed by atoms with Crippen LogP contribution in [-0.4, -0.2) is 36.8 Å². The summed E-state index contributed by atoms with van der Waals surface area (Å²) in [4.78, 5) is 3.87. The Balaban J connectivity index is 1.67. The number of nitrogens with one attached hydrogen (secondary N) is 1. The van der Waals surface area contributed by atoms with Crippen molar-refractivity contribution < 1.29 is 0 Å². The molecule has 2 aliphatic rings. The van der Waals surface area contributed by atoms with Crippen LogP contribution in [0.3, 0.4) is 0 Å². The van der Waals surface area contributed by atoms with Crippen LogP contribution in [-0.2, 0) is 0 Å². The van der Waals surface area contributed by atoms with Gasteiger partial charge in [-0.25, -0.2) is 0 Å². The first-order chi connectivity index (χ1) is 9.24. The topological polar surface area (TPSA) is 15.3 Å². The molecule has 1 aromatic rings. The molecule has 0 amide bonds. The first-order valence-electron chi connectivity index (χ1n) is 7.10. The number of hydrogen-bond acceptors (Lipinski definition) is 3. The average molecular weight is 297 g/mol. The third-order valence-electron chi connectivity index (χ3n) is 4.28. The molecule has 19 heavy (non-hydrogen) atoms. The van der Waals surface area contributed by atoms with Gasteiger partial charge in [-0.05, 0) is 62.4 Å². The van der Waals surface area contributed by atoms with Gasteiger partial charge in [0, 0.05) is 28.5 Å². The van der Waals surface area contributed by atoms with E-state index >= 15 is 0 Å². The lowest BCUT2D eigenvalue weighted by molar-refractivity contribution is 0.289. The van der Waals surface area contributed by atoms with Crippen molar-refractivity contribution in [2.24, 2.45) is 0 Å². The summed E-state index contributed by atoms with van der Waals surface area (Å²) < 4.78 is 0. The Morgan fingerprint density at radius 3 is 3.11 bits per heavy atom. The summed E-state index contributed by atoms with van der Waals surface area (Å²) >= 11 is 8.10.